The van der Waals surface area contributed by atoms with Crippen LogP contribution in [0.25, 0.3) is 0 Å². The van der Waals surface area contributed by atoms with Gasteiger partial charge in [0.2, 0.25) is 5.91 Å². The summed E-state index contributed by atoms with van der Waals surface area (Å²) in [6.45, 7) is 2.96. The third-order valence-corrected chi connectivity index (χ3v) is 4.97. The van der Waals surface area contributed by atoms with E-state index in [0.717, 1.165) is 38.2 Å². The molecule has 0 saturated carbocycles. The highest BCUT2D eigenvalue weighted by Gasteiger charge is 2.19. The van der Waals surface area contributed by atoms with Crippen LogP contribution >= 0.6 is 23.5 Å². The number of rotatable bonds is 6. The van der Waals surface area contributed by atoms with E-state index in [0.29, 0.717) is 5.92 Å². The normalized spacial score (nSPS) is 17.1. The molecule has 0 aliphatic carbocycles. The Morgan fingerprint density at radius 1 is 1.30 bits per heavy atom. The SMILES string of the molecule is O=C(CCl)NCC1CCN(SCc2ccccc2)CC1. The van der Waals surface area contributed by atoms with Gasteiger partial charge in [-0.2, -0.15) is 0 Å². The number of benzene rings is 1. The molecule has 0 radical (unpaired) electrons. The summed E-state index contributed by atoms with van der Waals surface area (Å²) in [5.41, 5.74) is 1.37. The summed E-state index contributed by atoms with van der Waals surface area (Å²) in [6.07, 6.45) is 2.29. The van der Waals surface area contributed by atoms with Crippen LogP contribution in [0.1, 0.15) is 18.4 Å². The number of nitrogens with one attached hydrogen (secondary N) is 1. The van der Waals surface area contributed by atoms with E-state index in [-0.39, 0.29) is 11.8 Å². The van der Waals surface area contributed by atoms with Crippen LogP contribution in [0.4, 0.5) is 0 Å². The van der Waals surface area contributed by atoms with Crippen molar-refractivity contribution in [2.45, 2.75) is 18.6 Å². The maximum atomic E-state index is 11.1. The maximum Gasteiger partial charge on any atom is 0.234 e. The molecule has 1 saturated heterocycles. The molecule has 1 amide bonds. The molecule has 0 bridgehead atoms. The smallest absolute Gasteiger partial charge is 0.234 e. The van der Waals surface area contributed by atoms with E-state index in [1.54, 1.807) is 0 Å². The molecule has 1 heterocycles. The number of piperidine rings is 1. The summed E-state index contributed by atoms with van der Waals surface area (Å²) in [4.78, 5) is 11.1. The van der Waals surface area contributed by atoms with E-state index in [1.165, 1.54) is 5.56 Å². The highest BCUT2D eigenvalue weighted by molar-refractivity contribution is 7.96. The number of hydrogen-bond acceptors (Lipinski definition) is 3. The zero-order valence-corrected chi connectivity index (χ0v) is 13.1. The second-order valence-electron chi connectivity index (χ2n) is 5.07. The van der Waals surface area contributed by atoms with Crippen molar-refractivity contribution < 1.29 is 4.79 Å². The Morgan fingerprint density at radius 2 is 2.00 bits per heavy atom. The molecule has 5 heteroatoms. The third kappa shape index (κ3) is 5.35. The summed E-state index contributed by atoms with van der Waals surface area (Å²) in [5, 5.41) is 2.88. The van der Waals surface area contributed by atoms with Crippen molar-refractivity contribution in [1.29, 1.82) is 0 Å². The van der Waals surface area contributed by atoms with Crippen LogP contribution in [0.3, 0.4) is 0 Å². The minimum atomic E-state index is -0.0625. The number of hydrogen-bond donors (Lipinski definition) is 1. The Bertz CT molecular complexity index is 408. The fourth-order valence-electron chi connectivity index (χ4n) is 2.29. The predicted octanol–water partition coefficient (Wildman–Crippen LogP) is 2.90. The highest BCUT2D eigenvalue weighted by atomic mass is 35.5. The van der Waals surface area contributed by atoms with Crippen LogP contribution in [-0.4, -0.2) is 35.7 Å². The first-order valence-corrected chi connectivity index (χ1v) is 8.50. The lowest BCUT2D eigenvalue weighted by atomic mass is 9.98. The average molecular weight is 313 g/mol. The lowest BCUT2D eigenvalue weighted by Gasteiger charge is -2.31. The fourth-order valence-corrected chi connectivity index (χ4v) is 3.38. The van der Waals surface area contributed by atoms with Crippen molar-refractivity contribution in [1.82, 2.24) is 9.62 Å². The number of alkyl halides is 1. The van der Waals surface area contributed by atoms with Crippen LogP contribution in [0.2, 0.25) is 0 Å². The zero-order chi connectivity index (χ0) is 14.2. The van der Waals surface area contributed by atoms with Crippen molar-refractivity contribution in [2.75, 3.05) is 25.5 Å². The Hall–Kier alpha value is -0.710. The average Bonchev–Trinajstić information content (AvgIpc) is 2.52. The van der Waals surface area contributed by atoms with Gasteiger partial charge in [-0.1, -0.05) is 42.3 Å². The van der Waals surface area contributed by atoms with Gasteiger partial charge in [0.1, 0.15) is 5.88 Å². The second-order valence-corrected chi connectivity index (χ2v) is 6.40. The molecule has 0 atom stereocenters. The quantitative estimate of drug-likeness (QED) is 0.647. The molecule has 0 unspecified atom stereocenters. The molecule has 1 aliphatic heterocycles. The van der Waals surface area contributed by atoms with Crippen molar-refractivity contribution in [3.05, 3.63) is 35.9 Å². The molecule has 0 aromatic heterocycles. The minimum absolute atomic E-state index is 0.0613. The van der Waals surface area contributed by atoms with Gasteiger partial charge in [0.25, 0.3) is 0 Å². The number of nitrogens with zero attached hydrogens (tertiary/aromatic N) is 1. The molecule has 1 aromatic rings. The first kappa shape index (κ1) is 15.7. The van der Waals surface area contributed by atoms with E-state index in [2.05, 4.69) is 40.0 Å². The zero-order valence-electron chi connectivity index (χ0n) is 11.6. The molecular weight excluding hydrogens is 292 g/mol. The molecule has 0 spiro atoms. The molecule has 2 rings (SSSR count). The van der Waals surface area contributed by atoms with Gasteiger partial charge in [-0.05, 0) is 24.3 Å². The number of carbonyl (C=O) groups is 1. The number of carbonyl (C=O) groups excluding carboxylic acids is 1. The Balaban J connectivity index is 1.63. The van der Waals surface area contributed by atoms with E-state index >= 15 is 0 Å². The van der Waals surface area contributed by atoms with Gasteiger partial charge in [0.15, 0.2) is 0 Å². The summed E-state index contributed by atoms with van der Waals surface area (Å²) < 4.78 is 2.44. The molecule has 1 fully saturated rings. The molecule has 20 heavy (non-hydrogen) atoms. The molecule has 3 nitrogen and oxygen atoms in total. The Morgan fingerprint density at radius 3 is 2.65 bits per heavy atom. The van der Waals surface area contributed by atoms with Crippen molar-refractivity contribution in [2.24, 2.45) is 5.92 Å². The summed E-state index contributed by atoms with van der Waals surface area (Å²) in [7, 11) is 0. The van der Waals surface area contributed by atoms with Crippen LogP contribution in [0, 0.1) is 5.92 Å². The number of amides is 1. The van der Waals surface area contributed by atoms with Crippen molar-refractivity contribution in [3.8, 4) is 0 Å². The van der Waals surface area contributed by atoms with E-state index in [9.17, 15) is 4.79 Å². The monoisotopic (exact) mass is 312 g/mol. The third-order valence-electron chi connectivity index (χ3n) is 3.54. The summed E-state index contributed by atoms with van der Waals surface area (Å²) >= 11 is 7.37. The van der Waals surface area contributed by atoms with Crippen LogP contribution in [0.15, 0.2) is 30.3 Å². The standard InChI is InChI=1S/C15H21ClN2OS/c16-10-15(19)17-11-13-6-8-18(9-7-13)20-12-14-4-2-1-3-5-14/h1-5,13H,6-12H2,(H,17,19). The Labute approximate surface area is 130 Å². The van der Waals surface area contributed by atoms with Crippen molar-refractivity contribution in [3.63, 3.8) is 0 Å². The largest absolute Gasteiger partial charge is 0.355 e. The predicted molar refractivity (Wildman–Crippen MR) is 85.8 cm³/mol. The molecular formula is C15H21ClN2OS. The lowest BCUT2D eigenvalue weighted by Crippen LogP contribution is -2.36. The van der Waals surface area contributed by atoms with Gasteiger partial charge in [0.05, 0.1) is 0 Å². The van der Waals surface area contributed by atoms with Gasteiger partial charge in [-0.15, -0.1) is 11.6 Å². The topological polar surface area (TPSA) is 32.3 Å². The fraction of sp³-hybridized carbons (Fsp3) is 0.533. The van der Waals surface area contributed by atoms with E-state index in [4.69, 9.17) is 11.6 Å². The minimum Gasteiger partial charge on any atom is -0.355 e. The van der Waals surface area contributed by atoms with Gasteiger partial charge >= 0.3 is 0 Å². The molecule has 110 valence electrons. The first-order chi connectivity index (χ1) is 9.78. The first-order valence-electron chi connectivity index (χ1n) is 7.02. The molecule has 1 aromatic carbocycles. The van der Waals surface area contributed by atoms with E-state index in [1.807, 2.05) is 11.9 Å². The van der Waals surface area contributed by atoms with Crippen LogP contribution < -0.4 is 5.32 Å². The summed E-state index contributed by atoms with van der Waals surface area (Å²) in [5.74, 6) is 1.63. The van der Waals surface area contributed by atoms with Gasteiger partial charge in [-0.25, -0.2) is 0 Å². The highest BCUT2D eigenvalue weighted by Crippen LogP contribution is 2.24. The van der Waals surface area contributed by atoms with Crippen molar-refractivity contribution >= 4 is 29.5 Å². The summed E-state index contributed by atoms with van der Waals surface area (Å²) in [6, 6.07) is 10.6. The number of halogens is 1. The maximum absolute atomic E-state index is 11.1. The molecule has 1 N–H and O–H groups in total. The van der Waals surface area contributed by atoms with E-state index < -0.39 is 0 Å². The van der Waals surface area contributed by atoms with Crippen LogP contribution in [0.5, 0.6) is 0 Å². The Kier molecular flexibility index (Phi) is 6.70. The lowest BCUT2D eigenvalue weighted by molar-refractivity contribution is -0.118. The second kappa shape index (κ2) is 8.55. The van der Waals surface area contributed by atoms with Crippen LogP contribution in [-0.2, 0) is 10.5 Å². The van der Waals surface area contributed by atoms with Gasteiger partial charge < -0.3 is 5.32 Å². The van der Waals surface area contributed by atoms with Gasteiger partial charge in [0, 0.05) is 25.4 Å². The molecule has 1 aliphatic rings. The van der Waals surface area contributed by atoms with Gasteiger partial charge in [-0.3, -0.25) is 9.10 Å².